The molecule has 0 radical (unpaired) electrons. The van der Waals surface area contributed by atoms with Gasteiger partial charge in [0.1, 0.15) is 6.61 Å². The molecule has 0 saturated heterocycles. The molecular weight excluding hydrogens is 284 g/mol. The predicted octanol–water partition coefficient (Wildman–Crippen LogP) is 2.90. The van der Waals surface area contributed by atoms with Crippen molar-refractivity contribution < 1.29 is 18.3 Å². The van der Waals surface area contributed by atoms with Crippen LogP contribution in [0.1, 0.15) is 5.56 Å². The Labute approximate surface area is 99.9 Å². The number of alkyl carbamates (subject to hydrolysis) is 1. The first-order chi connectivity index (χ1) is 7.47. The minimum atomic E-state index is -3.11. The van der Waals surface area contributed by atoms with Crippen molar-refractivity contribution in [3.8, 4) is 0 Å². The first-order valence-electron chi connectivity index (χ1n) is 4.49. The maximum absolute atomic E-state index is 12.3. The van der Waals surface area contributed by atoms with Gasteiger partial charge in [0.2, 0.25) is 0 Å². The molecule has 0 atom stereocenters. The van der Waals surface area contributed by atoms with Crippen molar-refractivity contribution >= 4 is 22.0 Å². The molecular formula is C10H10BrF2NO2. The van der Waals surface area contributed by atoms with Gasteiger partial charge in [0.15, 0.2) is 0 Å². The fraction of sp³-hybridized carbons (Fsp3) is 0.300. The first-order valence-corrected chi connectivity index (χ1v) is 5.28. The number of hydrogen-bond acceptors (Lipinski definition) is 2. The van der Waals surface area contributed by atoms with Crippen molar-refractivity contribution in [1.82, 2.24) is 5.32 Å². The third-order valence-corrected chi connectivity index (χ3v) is 1.93. The Bertz CT molecular complexity index is 340. The zero-order valence-electron chi connectivity index (χ0n) is 8.25. The zero-order chi connectivity index (χ0) is 12.0. The standard InChI is InChI=1S/C10H10BrF2NO2/c11-10(12,13)7-14-9(15)16-6-8-4-2-1-3-5-8/h1-5H,6-7H2,(H,14,15). The molecule has 88 valence electrons. The van der Waals surface area contributed by atoms with Gasteiger partial charge in [0.05, 0.1) is 6.54 Å². The van der Waals surface area contributed by atoms with E-state index >= 15 is 0 Å². The average molecular weight is 294 g/mol. The molecule has 0 spiro atoms. The Morgan fingerprint density at radius 3 is 2.56 bits per heavy atom. The van der Waals surface area contributed by atoms with E-state index in [2.05, 4.69) is 15.9 Å². The highest BCUT2D eigenvalue weighted by atomic mass is 79.9. The number of amides is 1. The van der Waals surface area contributed by atoms with Crippen molar-refractivity contribution in [1.29, 1.82) is 0 Å². The summed E-state index contributed by atoms with van der Waals surface area (Å²) < 4.78 is 29.3. The minimum Gasteiger partial charge on any atom is -0.445 e. The number of rotatable bonds is 4. The summed E-state index contributed by atoms with van der Waals surface area (Å²) in [4.78, 5) is 7.86. The molecule has 1 aromatic rings. The predicted molar refractivity (Wildman–Crippen MR) is 58.5 cm³/mol. The van der Waals surface area contributed by atoms with Crippen molar-refractivity contribution in [3.05, 3.63) is 35.9 Å². The molecule has 0 saturated carbocycles. The van der Waals surface area contributed by atoms with Crippen LogP contribution in [-0.4, -0.2) is 17.5 Å². The van der Waals surface area contributed by atoms with Gasteiger partial charge in [-0.15, -0.1) is 0 Å². The molecule has 6 heteroatoms. The molecule has 0 aromatic heterocycles. The van der Waals surface area contributed by atoms with E-state index in [4.69, 9.17) is 4.74 Å². The molecule has 1 N–H and O–H groups in total. The lowest BCUT2D eigenvalue weighted by Gasteiger charge is -2.10. The van der Waals surface area contributed by atoms with E-state index in [1.165, 1.54) is 0 Å². The lowest BCUT2D eigenvalue weighted by Crippen LogP contribution is -2.33. The number of halogens is 3. The minimum absolute atomic E-state index is 0.0561. The Balaban J connectivity index is 2.26. The van der Waals surface area contributed by atoms with E-state index < -0.39 is 17.5 Å². The van der Waals surface area contributed by atoms with Crippen LogP contribution in [0.15, 0.2) is 30.3 Å². The van der Waals surface area contributed by atoms with Crippen molar-refractivity contribution in [2.75, 3.05) is 6.54 Å². The highest BCUT2D eigenvalue weighted by Crippen LogP contribution is 2.19. The number of alkyl halides is 3. The third kappa shape index (κ3) is 5.65. The number of hydrogen-bond donors (Lipinski definition) is 1. The smallest absolute Gasteiger partial charge is 0.407 e. The Morgan fingerprint density at radius 1 is 1.38 bits per heavy atom. The molecule has 16 heavy (non-hydrogen) atoms. The Kier molecular flexibility index (Phi) is 4.67. The lowest BCUT2D eigenvalue weighted by molar-refractivity contribution is 0.0981. The fourth-order valence-corrected chi connectivity index (χ4v) is 1.09. The Hall–Kier alpha value is -1.17. The van der Waals surface area contributed by atoms with Gasteiger partial charge in [-0.2, -0.15) is 8.78 Å². The molecule has 0 aliphatic carbocycles. The summed E-state index contributed by atoms with van der Waals surface area (Å²) in [5.74, 6) is 0. The van der Waals surface area contributed by atoms with Crippen LogP contribution in [0.4, 0.5) is 13.6 Å². The molecule has 1 aromatic carbocycles. The molecule has 0 fully saturated rings. The van der Waals surface area contributed by atoms with Crippen LogP contribution in [0.3, 0.4) is 0 Å². The summed E-state index contributed by atoms with van der Waals surface area (Å²) in [6.45, 7) is -0.749. The van der Waals surface area contributed by atoms with Crippen LogP contribution in [0.2, 0.25) is 0 Å². The van der Waals surface area contributed by atoms with Crippen LogP contribution in [0.25, 0.3) is 0 Å². The second-order valence-electron chi connectivity index (χ2n) is 3.03. The van der Waals surface area contributed by atoms with Crippen LogP contribution in [0, 0.1) is 0 Å². The molecule has 0 aliphatic heterocycles. The summed E-state index contributed by atoms with van der Waals surface area (Å²) in [5.41, 5.74) is 0.795. The average Bonchev–Trinajstić information content (AvgIpc) is 2.24. The third-order valence-electron chi connectivity index (χ3n) is 1.65. The van der Waals surface area contributed by atoms with Crippen molar-refractivity contribution in [2.45, 2.75) is 11.4 Å². The molecule has 1 rings (SSSR count). The van der Waals surface area contributed by atoms with E-state index in [9.17, 15) is 13.6 Å². The number of nitrogens with one attached hydrogen (secondary N) is 1. The fourth-order valence-electron chi connectivity index (χ4n) is 0.947. The van der Waals surface area contributed by atoms with E-state index in [0.29, 0.717) is 0 Å². The second-order valence-corrected chi connectivity index (χ2v) is 4.19. The van der Waals surface area contributed by atoms with Gasteiger partial charge >= 0.3 is 10.9 Å². The van der Waals surface area contributed by atoms with Gasteiger partial charge in [-0.3, -0.25) is 0 Å². The summed E-state index contributed by atoms with van der Waals surface area (Å²) in [6, 6.07) is 8.96. The highest BCUT2D eigenvalue weighted by Gasteiger charge is 2.24. The number of ether oxygens (including phenoxy) is 1. The van der Waals surface area contributed by atoms with Gasteiger partial charge in [0, 0.05) is 0 Å². The maximum atomic E-state index is 12.3. The molecule has 0 heterocycles. The number of carbonyl (C=O) groups is 1. The quantitative estimate of drug-likeness (QED) is 0.867. The van der Waals surface area contributed by atoms with Crippen LogP contribution in [-0.2, 0) is 11.3 Å². The van der Waals surface area contributed by atoms with Crippen LogP contribution >= 0.6 is 15.9 Å². The van der Waals surface area contributed by atoms with E-state index in [1.807, 2.05) is 11.4 Å². The van der Waals surface area contributed by atoms with E-state index in [-0.39, 0.29) is 6.61 Å². The van der Waals surface area contributed by atoms with Crippen LogP contribution < -0.4 is 5.32 Å². The monoisotopic (exact) mass is 293 g/mol. The summed E-state index contributed by atoms with van der Waals surface area (Å²) in [6.07, 6.45) is -0.872. The van der Waals surface area contributed by atoms with Gasteiger partial charge < -0.3 is 10.1 Å². The van der Waals surface area contributed by atoms with Crippen LogP contribution in [0.5, 0.6) is 0 Å². The SMILES string of the molecule is O=C(NCC(F)(F)Br)OCc1ccccc1. The number of carbonyl (C=O) groups excluding carboxylic acids is 1. The Morgan fingerprint density at radius 2 is 2.00 bits per heavy atom. The maximum Gasteiger partial charge on any atom is 0.407 e. The van der Waals surface area contributed by atoms with Gasteiger partial charge in [-0.1, -0.05) is 30.3 Å². The number of benzene rings is 1. The summed E-state index contributed by atoms with van der Waals surface area (Å²) >= 11 is 2.10. The van der Waals surface area contributed by atoms with Gasteiger partial charge in [-0.25, -0.2) is 4.79 Å². The van der Waals surface area contributed by atoms with Crippen molar-refractivity contribution in [3.63, 3.8) is 0 Å². The molecule has 0 bridgehead atoms. The highest BCUT2D eigenvalue weighted by molar-refractivity contribution is 9.10. The summed E-state index contributed by atoms with van der Waals surface area (Å²) in [5, 5.41) is 1.93. The molecule has 1 amide bonds. The van der Waals surface area contributed by atoms with E-state index in [0.717, 1.165) is 5.56 Å². The summed E-state index contributed by atoms with van der Waals surface area (Å²) in [7, 11) is 0. The molecule has 0 unspecified atom stereocenters. The van der Waals surface area contributed by atoms with E-state index in [1.54, 1.807) is 24.3 Å². The lowest BCUT2D eigenvalue weighted by atomic mass is 10.2. The second kappa shape index (κ2) is 5.79. The molecule has 3 nitrogen and oxygen atoms in total. The van der Waals surface area contributed by atoms with Gasteiger partial charge in [-0.05, 0) is 21.5 Å². The molecule has 0 aliphatic rings. The first kappa shape index (κ1) is 12.9. The van der Waals surface area contributed by atoms with Crippen molar-refractivity contribution in [2.24, 2.45) is 0 Å². The zero-order valence-corrected chi connectivity index (χ0v) is 9.84. The topological polar surface area (TPSA) is 38.3 Å². The largest absolute Gasteiger partial charge is 0.445 e. The van der Waals surface area contributed by atoms with Gasteiger partial charge in [0.25, 0.3) is 0 Å². The normalized spacial score (nSPS) is 10.9.